The summed E-state index contributed by atoms with van der Waals surface area (Å²) in [5, 5.41) is 34.2. The van der Waals surface area contributed by atoms with Gasteiger partial charge in [0, 0.05) is 42.2 Å². The SMILES string of the molecule is O=C(NC1CCN(Cc2cccc(Cl)c2)CC1)c1cc2cc([N+](=O)[O-])c(O)c(O)c2oc1=O. The Morgan fingerprint density at radius 2 is 1.94 bits per heavy atom. The summed E-state index contributed by atoms with van der Waals surface area (Å²) in [5.74, 6) is -2.62. The first-order valence-corrected chi connectivity index (χ1v) is 10.6. The number of halogens is 1. The van der Waals surface area contributed by atoms with Crippen LogP contribution >= 0.6 is 11.6 Å². The number of likely N-dealkylation sites (tertiary alicyclic amines) is 1. The molecule has 0 aliphatic carbocycles. The maximum atomic E-state index is 12.7. The van der Waals surface area contributed by atoms with Crippen LogP contribution in [0.2, 0.25) is 5.02 Å². The van der Waals surface area contributed by atoms with Gasteiger partial charge in [0.05, 0.1) is 4.92 Å². The lowest BCUT2D eigenvalue weighted by Crippen LogP contribution is -2.45. The van der Waals surface area contributed by atoms with E-state index in [9.17, 15) is 29.9 Å². The summed E-state index contributed by atoms with van der Waals surface area (Å²) in [7, 11) is 0. The zero-order chi connectivity index (χ0) is 23.7. The number of nitrogens with zero attached hydrogens (tertiary/aromatic N) is 2. The van der Waals surface area contributed by atoms with Crippen LogP contribution in [0.15, 0.2) is 45.6 Å². The van der Waals surface area contributed by atoms with Gasteiger partial charge >= 0.3 is 11.3 Å². The lowest BCUT2D eigenvalue weighted by Gasteiger charge is -2.32. The summed E-state index contributed by atoms with van der Waals surface area (Å²) in [5.41, 5.74) is -1.48. The molecule has 2 heterocycles. The van der Waals surface area contributed by atoms with Crippen LogP contribution in [0.5, 0.6) is 11.5 Å². The Morgan fingerprint density at radius 3 is 2.61 bits per heavy atom. The van der Waals surface area contributed by atoms with Gasteiger partial charge in [-0.25, -0.2) is 4.79 Å². The Hall–Kier alpha value is -3.63. The number of benzene rings is 2. The highest BCUT2D eigenvalue weighted by molar-refractivity contribution is 6.30. The van der Waals surface area contributed by atoms with Gasteiger partial charge in [-0.2, -0.15) is 0 Å². The monoisotopic (exact) mass is 473 g/mol. The predicted octanol–water partition coefficient (Wildman–Crippen LogP) is 3.16. The van der Waals surface area contributed by atoms with Crippen molar-refractivity contribution < 1.29 is 24.3 Å². The molecule has 2 aromatic carbocycles. The van der Waals surface area contributed by atoms with Gasteiger partial charge in [0.1, 0.15) is 5.56 Å². The second-order valence-electron chi connectivity index (χ2n) is 7.87. The number of nitrogens with one attached hydrogen (secondary N) is 1. The van der Waals surface area contributed by atoms with Gasteiger partial charge in [-0.1, -0.05) is 23.7 Å². The second kappa shape index (κ2) is 9.08. The Bertz CT molecular complexity index is 1300. The van der Waals surface area contributed by atoms with Crippen LogP contribution in [-0.4, -0.2) is 45.1 Å². The summed E-state index contributed by atoms with van der Waals surface area (Å²) >= 11 is 6.03. The number of phenols is 2. The van der Waals surface area contributed by atoms with E-state index in [1.165, 1.54) is 0 Å². The molecule has 33 heavy (non-hydrogen) atoms. The number of carbonyl (C=O) groups is 1. The summed E-state index contributed by atoms with van der Waals surface area (Å²) < 4.78 is 4.97. The fourth-order valence-corrected chi connectivity index (χ4v) is 4.13. The van der Waals surface area contributed by atoms with Gasteiger partial charge in [-0.15, -0.1) is 0 Å². The minimum atomic E-state index is -1.03. The Balaban J connectivity index is 1.46. The lowest BCUT2D eigenvalue weighted by atomic mass is 10.0. The van der Waals surface area contributed by atoms with Crippen LogP contribution in [0, 0.1) is 10.1 Å². The van der Waals surface area contributed by atoms with E-state index >= 15 is 0 Å². The molecule has 0 radical (unpaired) electrons. The molecule has 1 amide bonds. The number of hydrogen-bond acceptors (Lipinski definition) is 8. The molecule has 4 rings (SSSR count). The van der Waals surface area contributed by atoms with E-state index in [1.807, 2.05) is 24.3 Å². The minimum Gasteiger partial charge on any atom is -0.501 e. The fraction of sp³-hybridized carbons (Fsp3) is 0.273. The first-order chi connectivity index (χ1) is 15.7. The zero-order valence-electron chi connectivity index (χ0n) is 17.3. The van der Waals surface area contributed by atoms with E-state index in [1.54, 1.807) is 0 Å². The summed E-state index contributed by atoms with van der Waals surface area (Å²) in [6.45, 7) is 2.22. The average Bonchev–Trinajstić information content (AvgIpc) is 2.77. The van der Waals surface area contributed by atoms with Crippen molar-refractivity contribution in [1.82, 2.24) is 10.2 Å². The third-order valence-electron chi connectivity index (χ3n) is 5.61. The maximum Gasteiger partial charge on any atom is 0.349 e. The van der Waals surface area contributed by atoms with Crippen LogP contribution in [0.1, 0.15) is 28.8 Å². The number of fused-ring (bicyclic) bond motifs is 1. The van der Waals surface area contributed by atoms with Crippen molar-refractivity contribution >= 4 is 34.2 Å². The number of carbonyl (C=O) groups excluding carboxylic acids is 1. The molecular formula is C22H20ClN3O7. The highest BCUT2D eigenvalue weighted by atomic mass is 35.5. The van der Waals surface area contributed by atoms with Crippen LogP contribution in [0.25, 0.3) is 11.0 Å². The topological polar surface area (TPSA) is 146 Å². The molecule has 3 aromatic rings. The molecule has 0 bridgehead atoms. The number of nitro groups is 1. The molecule has 1 aliphatic rings. The van der Waals surface area contributed by atoms with E-state index in [2.05, 4.69) is 10.2 Å². The van der Waals surface area contributed by atoms with E-state index in [-0.39, 0.29) is 17.0 Å². The van der Waals surface area contributed by atoms with Crippen LogP contribution < -0.4 is 10.9 Å². The van der Waals surface area contributed by atoms with Crippen molar-refractivity contribution in [1.29, 1.82) is 0 Å². The van der Waals surface area contributed by atoms with Crippen molar-refractivity contribution in [3.05, 3.63) is 73.1 Å². The number of aromatic hydroxyl groups is 2. The number of piperidine rings is 1. The standard InChI is InChI=1S/C22H20ClN3O7/c23-14-3-1-2-12(8-14)11-25-6-4-15(5-7-25)24-21(29)16-9-13-10-17(26(31)32)18(27)19(28)20(13)33-22(16)30/h1-3,8-10,15,27-28H,4-7,11H2,(H,24,29). The molecule has 3 N–H and O–H groups in total. The van der Waals surface area contributed by atoms with Crippen LogP contribution in [-0.2, 0) is 6.54 Å². The first-order valence-electron chi connectivity index (χ1n) is 10.2. The fourth-order valence-electron chi connectivity index (χ4n) is 3.91. The molecule has 172 valence electrons. The van der Waals surface area contributed by atoms with Gasteiger partial charge < -0.3 is 19.9 Å². The summed E-state index contributed by atoms with van der Waals surface area (Å²) in [4.78, 5) is 37.4. The molecule has 1 fully saturated rings. The molecule has 10 nitrogen and oxygen atoms in total. The number of amides is 1. The van der Waals surface area contributed by atoms with Gasteiger partial charge in [-0.05, 0) is 36.6 Å². The highest BCUT2D eigenvalue weighted by Gasteiger charge is 2.26. The van der Waals surface area contributed by atoms with Gasteiger partial charge in [0.2, 0.25) is 11.5 Å². The zero-order valence-corrected chi connectivity index (χ0v) is 18.0. The predicted molar refractivity (Wildman–Crippen MR) is 120 cm³/mol. The Kier molecular flexibility index (Phi) is 6.21. The number of hydrogen-bond donors (Lipinski definition) is 3. The van der Waals surface area contributed by atoms with Gasteiger partial charge in [0.15, 0.2) is 5.58 Å². The minimum absolute atomic E-state index is 0.0573. The Morgan fingerprint density at radius 1 is 1.21 bits per heavy atom. The first kappa shape index (κ1) is 22.6. The molecule has 1 aliphatic heterocycles. The largest absolute Gasteiger partial charge is 0.501 e. The summed E-state index contributed by atoms with van der Waals surface area (Å²) in [6, 6.07) is 9.51. The average molecular weight is 474 g/mol. The van der Waals surface area contributed by atoms with Crippen LogP contribution in [0.4, 0.5) is 5.69 Å². The highest BCUT2D eigenvalue weighted by Crippen LogP contribution is 2.41. The van der Waals surface area contributed by atoms with Crippen LogP contribution in [0.3, 0.4) is 0 Å². The van der Waals surface area contributed by atoms with Crippen molar-refractivity contribution in [2.45, 2.75) is 25.4 Å². The van der Waals surface area contributed by atoms with E-state index in [4.69, 9.17) is 16.0 Å². The molecule has 1 aromatic heterocycles. The van der Waals surface area contributed by atoms with Crippen molar-refractivity contribution in [3.8, 4) is 11.5 Å². The van der Waals surface area contributed by atoms with E-state index in [0.717, 1.165) is 37.3 Å². The van der Waals surface area contributed by atoms with Gasteiger partial charge in [0.25, 0.3) is 5.91 Å². The quantitative estimate of drug-likeness (QED) is 0.221. The van der Waals surface area contributed by atoms with E-state index in [0.29, 0.717) is 17.9 Å². The lowest BCUT2D eigenvalue weighted by molar-refractivity contribution is -0.385. The van der Waals surface area contributed by atoms with Crippen molar-refractivity contribution in [3.63, 3.8) is 0 Å². The second-order valence-corrected chi connectivity index (χ2v) is 8.31. The number of rotatable bonds is 5. The number of phenolic OH excluding ortho intramolecular Hbond substituents is 2. The van der Waals surface area contributed by atoms with Gasteiger partial charge in [-0.3, -0.25) is 19.8 Å². The molecule has 0 atom stereocenters. The molecule has 0 saturated carbocycles. The summed E-state index contributed by atoms with van der Waals surface area (Å²) in [6.07, 6.45) is 1.34. The molecule has 0 unspecified atom stereocenters. The van der Waals surface area contributed by atoms with E-state index < -0.39 is 39.2 Å². The normalized spacial score (nSPS) is 14.9. The molecule has 11 heteroatoms. The molecule has 0 spiro atoms. The van der Waals surface area contributed by atoms with Crippen molar-refractivity contribution in [2.24, 2.45) is 0 Å². The third kappa shape index (κ3) is 4.76. The smallest absolute Gasteiger partial charge is 0.349 e. The Labute approximate surface area is 192 Å². The van der Waals surface area contributed by atoms with Crippen molar-refractivity contribution in [2.75, 3.05) is 13.1 Å². The maximum absolute atomic E-state index is 12.7. The molecular weight excluding hydrogens is 454 g/mol. The third-order valence-corrected chi connectivity index (χ3v) is 5.85. The molecule has 1 saturated heterocycles. The number of nitro benzene ring substituents is 1.